The highest BCUT2D eigenvalue weighted by molar-refractivity contribution is 5.27. The van der Waals surface area contributed by atoms with Crippen molar-refractivity contribution >= 4 is 0 Å². The molecule has 1 unspecified atom stereocenters. The Balaban J connectivity index is 1.36. The molecule has 3 heteroatoms. The van der Waals surface area contributed by atoms with Crippen molar-refractivity contribution in [2.45, 2.75) is 50.7 Å². The first kappa shape index (κ1) is 13.9. The lowest BCUT2D eigenvalue weighted by Crippen LogP contribution is -2.17. The fraction of sp³-hybridized carbons (Fsp3) is 0.647. The summed E-state index contributed by atoms with van der Waals surface area (Å²) in [4.78, 5) is 0. The van der Waals surface area contributed by atoms with E-state index in [-0.39, 0.29) is 0 Å². The summed E-state index contributed by atoms with van der Waals surface area (Å²) in [6.07, 6.45) is 8.35. The van der Waals surface area contributed by atoms with E-state index in [1.165, 1.54) is 37.7 Å². The molecule has 0 spiro atoms. The Hall–Kier alpha value is -1.06. The summed E-state index contributed by atoms with van der Waals surface area (Å²) in [5.41, 5.74) is 1.32. The second-order valence-corrected chi connectivity index (χ2v) is 5.79. The van der Waals surface area contributed by atoms with Crippen LogP contribution >= 0.6 is 0 Å². The van der Waals surface area contributed by atoms with Gasteiger partial charge in [-0.05, 0) is 37.0 Å². The van der Waals surface area contributed by atoms with Crippen LogP contribution in [-0.4, -0.2) is 32.0 Å². The molecular formula is C17H24O3. The maximum absolute atomic E-state index is 5.96. The first-order chi connectivity index (χ1) is 9.90. The standard InChI is InChI=1S/C17H24O3/c1-2-4-15(5-3-1)18-11-10-14-6-8-16(9-7-14)19-12-17-13-20-17/h6-9,15,17H,1-5,10-13H2. The fourth-order valence-corrected chi connectivity index (χ4v) is 2.68. The minimum absolute atomic E-state index is 0.318. The van der Waals surface area contributed by atoms with Gasteiger partial charge >= 0.3 is 0 Å². The highest BCUT2D eigenvalue weighted by Crippen LogP contribution is 2.21. The van der Waals surface area contributed by atoms with Crippen molar-refractivity contribution in [2.75, 3.05) is 19.8 Å². The van der Waals surface area contributed by atoms with E-state index < -0.39 is 0 Å². The zero-order chi connectivity index (χ0) is 13.6. The summed E-state index contributed by atoms with van der Waals surface area (Å²) >= 11 is 0. The quantitative estimate of drug-likeness (QED) is 0.716. The summed E-state index contributed by atoms with van der Waals surface area (Å²) in [7, 11) is 0. The van der Waals surface area contributed by atoms with E-state index in [9.17, 15) is 0 Å². The molecular weight excluding hydrogens is 252 g/mol. The van der Waals surface area contributed by atoms with Crippen LogP contribution in [0.1, 0.15) is 37.7 Å². The van der Waals surface area contributed by atoms with E-state index in [1.807, 2.05) is 12.1 Å². The molecule has 3 nitrogen and oxygen atoms in total. The third-order valence-electron chi connectivity index (χ3n) is 4.06. The van der Waals surface area contributed by atoms with Crippen LogP contribution in [-0.2, 0) is 15.9 Å². The summed E-state index contributed by atoms with van der Waals surface area (Å²) in [6, 6.07) is 8.34. The van der Waals surface area contributed by atoms with E-state index in [0.29, 0.717) is 18.8 Å². The smallest absolute Gasteiger partial charge is 0.119 e. The third-order valence-corrected chi connectivity index (χ3v) is 4.06. The zero-order valence-electron chi connectivity index (χ0n) is 12.1. The van der Waals surface area contributed by atoms with E-state index in [4.69, 9.17) is 14.2 Å². The van der Waals surface area contributed by atoms with Gasteiger partial charge in [0, 0.05) is 0 Å². The predicted molar refractivity (Wildman–Crippen MR) is 78.2 cm³/mol. The van der Waals surface area contributed by atoms with E-state index >= 15 is 0 Å². The lowest BCUT2D eigenvalue weighted by molar-refractivity contribution is 0.0303. The Bertz CT molecular complexity index is 391. The molecule has 1 atom stereocenters. The predicted octanol–water partition coefficient (Wildman–Crippen LogP) is 3.36. The molecule has 3 rings (SSSR count). The van der Waals surface area contributed by atoms with Crippen LogP contribution in [0.5, 0.6) is 5.75 Å². The van der Waals surface area contributed by atoms with Crippen molar-refractivity contribution in [1.29, 1.82) is 0 Å². The summed E-state index contributed by atoms with van der Waals surface area (Å²) in [5, 5.41) is 0. The minimum atomic E-state index is 0.318. The number of epoxide rings is 1. The second kappa shape index (κ2) is 7.09. The van der Waals surface area contributed by atoms with Crippen molar-refractivity contribution < 1.29 is 14.2 Å². The maximum Gasteiger partial charge on any atom is 0.119 e. The van der Waals surface area contributed by atoms with Crippen LogP contribution in [0.15, 0.2) is 24.3 Å². The van der Waals surface area contributed by atoms with E-state index in [2.05, 4.69) is 12.1 Å². The van der Waals surface area contributed by atoms with Crippen LogP contribution in [0.2, 0.25) is 0 Å². The number of benzene rings is 1. The molecule has 0 N–H and O–H groups in total. The molecule has 110 valence electrons. The van der Waals surface area contributed by atoms with E-state index in [0.717, 1.165) is 25.4 Å². The Kier molecular flexibility index (Phi) is 4.93. The van der Waals surface area contributed by atoms with Crippen molar-refractivity contribution in [2.24, 2.45) is 0 Å². The zero-order valence-corrected chi connectivity index (χ0v) is 12.1. The molecule has 1 heterocycles. The van der Waals surface area contributed by atoms with Gasteiger partial charge < -0.3 is 14.2 Å². The number of hydrogen-bond acceptors (Lipinski definition) is 3. The monoisotopic (exact) mass is 276 g/mol. The molecule has 1 aromatic rings. The van der Waals surface area contributed by atoms with Crippen LogP contribution in [0, 0.1) is 0 Å². The molecule has 1 aliphatic carbocycles. The van der Waals surface area contributed by atoms with Gasteiger partial charge in [0.2, 0.25) is 0 Å². The van der Waals surface area contributed by atoms with Gasteiger partial charge in [-0.1, -0.05) is 31.4 Å². The van der Waals surface area contributed by atoms with Crippen molar-refractivity contribution in [3.63, 3.8) is 0 Å². The summed E-state index contributed by atoms with van der Waals surface area (Å²) < 4.78 is 16.7. The Morgan fingerprint density at radius 3 is 2.50 bits per heavy atom. The molecule has 1 saturated heterocycles. The van der Waals surface area contributed by atoms with Crippen LogP contribution in [0.3, 0.4) is 0 Å². The molecule has 1 saturated carbocycles. The Morgan fingerprint density at radius 2 is 1.80 bits per heavy atom. The molecule has 2 aliphatic rings. The highest BCUT2D eigenvalue weighted by Gasteiger charge is 2.22. The number of hydrogen-bond donors (Lipinski definition) is 0. The maximum atomic E-state index is 5.96. The second-order valence-electron chi connectivity index (χ2n) is 5.79. The molecule has 0 aromatic heterocycles. The van der Waals surface area contributed by atoms with Crippen LogP contribution < -0.4 is 4.74 Å². The largest absolute Gasteiger partial charge is 0.491 e. The van der Waals surface area contributed by atoms with Gasteiger partial charge in [-0.25, -0.2) is 0 Å². The Labute approximate surface area is 121 Å². The number of rotatable bonds is 7. The summed E-state index contributed by atoms with van der Waals surface area (Å²) in [5.74, 6) is 0.928. The Morgan fingerprint density at radius 1 is 1.05 bits per heavy atom. The van der Waals surface area contributed by atoms with Gasteiger partial charge in [0.1, 0.15) is 18.5 Å². The average molecular weight is 276 g/mol. The van der Waals surface area contributed by atoms with Gasteiger partial charge in [-0.2, -0.15) is 0 Å². The van der Waals surface area contributed by atoms with Crippen molar-refractivity contribution in [1.82, 2.24) is 0 Å². The first-order valence-corrected chi connectivity index (χ1v) is 7.85. The minimum Gasteiger partial charge on any atom is -0.491 e. The van der Waals surface area contributed by atoms with Gasteiger partial charge in [0.15, 0.2) is 0 Å². The molecule has 0 amide bonds. The third kappa shape index (κ3) is 4.50. The topological polar surface area (TPSA) is 31.0 Å². The lowest BCUT2D eigenvalue weighted by atomic mass is 9.98. The van der Waals surface area contributed by atoms with Gasteiger partial charge in [-0.15, -0.1) is 0 Å². The number of ether oxygens (including phenoxy) is 3. The normalized spacial score (nSPS) is 22.7. The molecule has 2 fully saturated rings. The van der Waals surface area contributed by atoms with Crippen LogP contribution in [0.25, 0.3) is 0 Å². The van der Waals surface area contributed by atoms with Crippen LogP contribution in [0.4, 0.5) is 0 Å². The molecule has 20 heavy (non-hydrogen) atoms. The van der Waals surface area contributed by atoms with E-state index in [1.54, 1.807) is 0 Å². The molecule has 0 radical (unpaired) electrons. The highest BCUT2D eigenvalue weighted by atomic mass is 16.6. The van der Waals surface area contributed by atoms with Crippen molar-refractivity contribution in [3.05, 3.63) is 29.8 Å². The van der Waals surface area contributed by atoms with Gasteiger partial charge in [0.25, 0.3) is 0 Å². The first-order valence-electron chi connectivity index (χ1n) is 7.85. The van der Waals surface area contributed by atoms with Gasteiger partial charge in [0.05, 0.1) is 19.3 Å². The van der Waals surface area contributed by atoms with Gasteiger partial charge in [-0.3, -0.25) is 0 Å². The lowest BCUT2D eigenvalue weighted by Gasteiger charge is -2.21. The molecule has 1 aromatic carbocycles. The SMILES string of the molecule is c1cc(OCC2CO2)ccc1CCOC1CCCCC1. The molecule has 1 aliphatic heterocycles. The fourth-order valence-electron chi connectivity index (χ4n) is 2.68. The average Bonchev–Trinajstić information content (AvgIpc) is 3.32. The van der Waals surface area contributed by atoms with Crippen molar-refractivity contribution in [3.8, 4) is 5.75 Å². The summed E-state index contributed by atoms with van der Waals surface area (Å²) in [6.45, 7) is 2.35. The molecule has 0 bridgehead atoms.